The van der Waals surface area contributed by atoms with Gasteiger partial charge in [0.15, 0.2) is 0 Å². The lowest BCUT2D eigenvalue weighted by Gasteiger charge is -2.32. The quantitative estimate of drug-likeness (QED) is 0.922. The van der Waals surface area contributed by atoms with Gasteiger partial charge in [-0.25, -0.2) is 0 Å². The van der Waals surface area contributed by atoms with Gasteiger partial charge in [0.05, 0.1) is 0 Å². The number of hydrogen-bond acceptors (Lipinski definition) is 2. The third-order valence-corrected chi connectivity index (χ3v) is 3.47. The van der Waals surface area contributed by atoms with E-state index in [4.69, 9.17) is 0 Å². The first-order valence-corrected chi connectivity index (χ1v) is 6.72. The van der Waals surface area contributed by atoms with E-state index in [0.717, 1.165) is 26.1 Å². The lowest BCUT2D eigenvalue weighted by molar-refractivity contribution is -0.132. The van der Waals surface area contributed by atoms with Crippen molar-refractivity contribution in [3.05, 3.63) is 35.4 Å². The number of rotatable bonds is 3. The number of amides is 1. The molecule has 1 aliphatic rings. The topological polar surface area (TPSA) is 32.3 Å². The Morgan fingerprint density at radius 2 is 2.05 bits per heavy atom. The minimum absolute atomic E-state index is 0. The van der Waals surface area contributed by atoms with Gasteiger partial charge in [0.25, 0.3) is 0 Å². The molecule has 0 radical (unpaired) electrons. The maximum atomic E-state index is 12.1. The maximum Gasteiger partial charge on any atom is 0.222 e. The van der Waals surface area contributed by atoms with E-state index < -0.39 is 0 Å². The molecule has 1 aromatic rings. The van der Waals surface area contributed by atoms with Crippen LogP contribution in [0.15, 0.2) is 24.3 Å². The monoisotopic (exact) mass is 282 g/mol. The molecule has 1 aliphatic heterocycles. The summed E-state index contributed by atoms with van der Waals surface area (Å²) in [4.78, 5) is 14.1. The van der Waals surface area contributed by atoms with Crippen LogP contribution in [0.5, 0.6) is 0 Å². The second kappa shape index (κ2) is 7.51. The number of carbonyl (C=O) groups is 1. The van der Waals surface area contributed by atoms with E-state index in [1.165, 1.54) is 11.1 Å². The third kappa shape index (κ3) is 4.84. The van der Waals surface area contributed by atoms with Crippen LogP contribution in [0.3, 0.4) is 0 Å². The fourth-order valence-corrected chi connectivity index (χ4v) is 2.32. The van der Waals surface area contributed by atoms with Crippen molar-refractivity contribution in [2.75, 3.05) is 19.6 Å². The lowest BCUT2D eigenvalue weighted by Crippen LogP contribution is -2.51. The van der Waals surface area contributed by atoms with Gasteiger partial charge in [-0.05, 0) is 25.8 Å². The molecular formula is C15H23ClN2O. The molecule has 2 rings (SSSR count). The van der Waals surface area contributed by atoms with Crippen molar-refractivity contribution in [1.29, 1.82) is 0 Å². The first-order chi connectivity index (χ1) is 8.65. The van der Waals surface area contributed by atoms with Crippen LogP contribution in [0.2, 0.25) is 0 Å². The van der Waals surface area contributed by atoms with E-state index in [9.17, 15) is 4.79 Å². The SMILES string of the molecule is Cc1ccc(CCC(=O)N2CCN[C@@H](C)C2)cc1.Cl. The highest BCUT2D eigenvalue weighted by Crippen LogP contribution is 2.08. The summed E-state index contributed by atoms with van der Waals surface area (Å²) in [6.45, 7) is 6.80. The van der Waals surface area contributed by atoms with Gasteiger partial charge in [0.1, 0.15) is 0 Å². The summed E-state index contributed by atoms with van der Waals surface area (Å²) in [6, 6.07) is 8.85. The standard InChI is InChI=1S/C15H22N2O.ClH/c1-12-3-5-14(6-4-12)7-8-15(18)17-10-9-16-13(2)11-17;/h3-6,13,16H,7-11H2,1-2H3;1H/t13-;/m0./s1. The average Bonchev–Trinajstić information content (AvgIpc) is 2.38. The number of nitrogens with zero attached hydrogens (tertiary/aromatic N) is 1. The van der Waals surface area contributed by atoms with Crippen LogP contribution < -0.4 is 5.32 Å². The van der Waals surface area contributed by atoms with Crippen molar-refractivity contribution >= 4 is 18.3 Å². The zero-order chi connectivity index (χ0) is 13.0. The molecule has 1 amide bonds. The molecule has 0 saturated carbocycles. The Morgan fingerprint density at radius 3 is 2.68 bits per heavy atom. The summed E-state index contributed by atoms with van der Waals surface area (Å²) < 4.78 is 0. The Kier molecular flexibility index (Phi) is 6.32. The van der Waals surface area contributed by atoms with Crippen LogP contribution in [0, 0.1) is 6.92 Å². The number of piperazine rings is 1. The van der Waals surface area contributed by atoms with E-state index in [1.54, 1.807) is 0 Å². The fraction of sp³-hybridized carbons (Fsp3) is 0.533. The van der Waals surface area contributed by atoms with Crippen LogP contribution in [0.1, 0.15) is 24.5 Å². The molecule has 0 spiro atoms. The molecule has 1 N–H and O–H groups in total. The van der Waals surface area contributed by atoms with Crippen molar-refractivity contribution in [2.45, 2.75) is 32.7 Å². The van der Waals surface area contributed by atoms with Crippen LogP contribution in [-0.2, 0) is 11.2 Å². The van der Waals surface area contributed by atoms with Crippen LogP contribution in [0.4, 0.5) is 0 Å². The smallest absolute Gasteiger partial charge is 0.222 e. The molecule has 0 aliphatic carbocycles. The Bertz CT molecular complexity index is 405. The Labute approximate surface area is 121 Å². The summed E-state index contributed by atoms with van der Waals surface area (Å²) in [7, 11) is 0. The van der Waals surface area contributed by atoms with E-state index in [-0.39, 0.29) is 18.3 Å². The Balaban J connectivity index is 0.00000180. The highest BCUT2D eigenvalue weighted by molar-refractivity contribution is 5.85. The second-order valence-electron chi connectivity index (χ2n) is 5.18. The normalized spacial score (nSPS) is 18.8. The van der Waals surface area contributed by atoms with Crippen molar-refractivity contribution in [3.8, 4) is 0 Å². The molecule has 1 saturated heterocycles. The van der Waals surface area contributed by atoms with Gasteiger partial charge >= 0.3 is 0 Å². The van der Waals surface area contributed by atoms with Gasteiger partial charge in [-0.2, -0.15) is 0 Å². The molecule has 0 aromatic heterocycles. The van der Waals surface area contributed by atoms with Crippen LogP contribution in [0.25, 0.3) is 0 Å². The van der Waals surface area contributed by atoms with Gasteiger partial charge < -0.3 is 10.2 Å². The number of benzene rings is 1. The van der Waals surface area contributed by atoms with Crippen LogP contribution in [-0.4, -0.2) is 36.5 Å². The third-order valence-electron chi connectivity index (χ3n) is 3.47. The first kappa shape index (κ1) is 16.0. The number of carbonyl (C=O) groups excluding carboxylic acids is 1. The van der Waals surface area contributed by atoms with Crippen LogP contribution >= 0.6 is 12.4 Å². The largest absolute Gasteiger partial charge is 0.340 e. The van der Waals surface area contributed by atoms with Crippen molar-refractivity contribution < 1.29 is 4.79 Å². The van der Waals surface area contributed by atoms with Gasteiger partial charge in [0.2, 0.25) is 5.91 Å². The summed E-state index contributed by atoms with van der Waals surface area (Å²) in [5.41, 5.74) is 2.51. The summed E-state index contributed by atoms with van der Waals surface area (Å²) in [6.07, 6.45) is 1.47. The van der Waals surface area contributed by atoms with E-state index in [2.05, 4.69) is 43.4 Å². The minimum Gasteiger partial charge on any atom is -0.340 e. The molecule has 19 heavy (non-hydrogen) atoms. The summed E-state index contributed by atoms with van der Waals surface area (Å²) in [5.74, 6) is 0.281. The molecule has 1 aromatic carbocycles. The van der Waals surface area contributed by atoms with Crippen molar-refractivity contribution in [1.82, 2.24) is 10.2 Å². The molecule has 0 unspecified atom stereocenters. The number of hydrogen-bond donors (Lipinski definition) is 1. The molecule has 1 atom stereocenters. The molecule has 4 heteroatoms. The van der Waals surface area contributed by atoms with E-state index in [0.29, 0.717) is 12.5 Å². The van der Waals surface area contributed by atoms with Crippen molar-refractivity contribution in [2.24, 2.45) is 0 Å². The molecular weight excluding hydrogens is 260 g/mol. The van der Waals surface area contributed by atoms with E-state index >= 15 is 0 Å². The highest BCUT2D eigenvalue weighted by atomic mass is 35.5. The predicted octanol–water partition coefficient (Wildman–Crippen LogP) is 2.17. The number of aryl methyl sites for hydroxylation is 2. The molecule has 1 heterocycles. The second-order valence-corrected chi connectivity index (χ2v) is 5.18. The van der Waals surface area contributed by atoms with Gasteiger partial charge in [-0.3, -0.25) is 4.79 Å². The minimum atomic E-state index is 0. The zero-order valence-corrected chi connectivity index (χ0v) is 12.5. The van der Waals surface area contributed by atoms with E-state index in [1.807, 2.05) is 4.90 Å². The maximum absolute atomic E-state index is 12.1. The molecule has 0 bridgehead atoms. The molecule has 3 nitrogen and oxygen atoms in total. The predicted molar refractivity (Wildman–Crippen MR) is 80.8 cm³/mol. The summed E-state index contributed by atoms with van der Waals surface area (Å²) in [5, 5.41) is 3.35. The fourth-order valence-electron chi connectivity index (χ4n) is 2.32. The van der Waals surface area contributed by atoms with Gasteiger partial charge in [0, 0.05) is 32.1 Å². The number of nitrogens with one attached hydrogen (secondary N) is 1. The Hall–Kier alpha value is -1.06. The Morgan fingerprint density at radius 1 is 1.37 bits per heavy atom. The highest BCUT2D eigenvalue weighted by Gasteiger charge is 2.19. The summed E-state index contributed by atoms with van der Waals surface area (Å²) >= 11 is 0. The zero-order valence-electron chi connectivity index (χ0n) is 11.7. The number of halogens is 1. The molecule has 106 valence electrons. The first-order valence-electron chi connectivity index (χ1n) is 6.72. The lowest BCUT2D eigenvalue weighted by atomic mass is 10.1. The molecule has 1 fully saturated rings. The van der Waals surface area contributed by atoms with Gasteiger partial charge in [-0.1, -0.05) is 29.8 Å². The van der Waals surface area contributed by atoms with Gasteiger partial charge in [-0.15, -0.1) is 12.4 Å². The van der Waals surface area contributed by atoms with Crippen molar-refractivity contribution in [3.63, 3.8) is 0 Å². The average molecular weight is 283 g/mol.